The number of rotatable bonds is 9. The molecular formula is C35H38NS+. The van der Waals surface area contributed by atoms with E-state index in [2.05, 4.69) is 107 Å². The first kappa shape index (κ1) is 24.4. The van der Waals surface area contributed by atoms with Crippen LogP contribution in [-0.2, 0) is 11.8 Å². The number of allylic oxidation sites excluding steroid dienone is 1. The molecule has 1 saturated carbocycles. The van der Waals surface area contributed by atoms with Crippen LogP contribution in [0.15, 0.2) is 89.6 Å². The van der Waals surface area contributed by atoms with Crippen molar-refractivity contribution in [3.8, 4) is 0 Å². The number of hydrogen-bond donors (Lipinski definition) is 0. The van der Waals surface area contributed by atoms with Gasteiger partial charge in [0.25, 0.3) is 0 Å². The van der Waals surface area contributed by atoms with E-state index >= 15 is 0 Å². The molecule has 2 heteroatoms. The fourth-order valence-corrected chi connectivity index (χ4v) is 7.49. The van der Waals surface area contributed by atoms with Crippen molar-refractivity contribution in [2.75, 3.05) is 6.54 Å². The maximum atomic E-state index is 2.67. The van der Waals surface area contributed by atoms with E-state index in [-0.39, 0.29) is 5.41 Å². The smallest absolute Gasteiger partial charge is 0.195 e. The molecule has 6 rings (SSSR count). The molecule has 0 N–H and O–H groups in total. The maximum absolute atomic E-state index is 2.67. The Morgan fingerprint density at radius 3 is 2.51 bits per heavy atom. The van der Waals surface area contributed by atoms with Crippen molar-refractivity contribution in [2.24, 2.45) is 5.92 Å². The molecule has 0 radical (unpaired) electrons. The van der Waals surface area contributed by atoms with Crippen LogP contribution in [0.25, 0.3) is 16.8 Å². The van der Waals surface area contributed by atoms with Crippen molar-refractivity contribution in [1.82, 2.24) is 0 Å². The molecule has 1 fully saturated rings. The second-order valence-corrected chi connectivity index (χ2v) is 12.0. The lowest BCUT2D eigenvalue weighted by atomic mass is 9.73. The zero-order valence-electron chi connectivity index (χ0n) is 22.0. The molecule has 1 unspecified atom stereocenters. The normalized spacial score (nSPS) is 19.9. The monoisotopic (exact) mass is 504 g/mol. The molecule has 2 heterocycles. The van der Waals surface area contributed by atoms with Crippen molar-refractivity contribution in [2.45, 2.75) is 63.7 Å². The van der Waals surface area contributed by atoms with Gasteiger partial charge in [-0.2, -0.15) is 15.9 Å². The average molecular weight is 505 g/mol. The first-order valence-electron chi connectivity index (χ1n) is 14.1. The van der Waals surface area contributed by atoms with Crippen molar-refractivity contribution in [3.05, 3.63) is 106 Å². The van der Waals surface area contributed by atoms with E-state index in [0.717, 1.165) is 18.9 Å². The minimum atomic E-state index is -0.102. The lowest BCUT2D eigenvalue weighted by Crippen LogP contribution is -2.34. The first-order valence-corrected chi connectivity index (χ1v) is 15.1. The summed E-state index contributed by atoms with van der Waals surface area (Å²) in [6, 6.07) is 27.0. The van der Waals surface area contributed by atoms with Crippen LogP contribution in [0.5, 0.6) is 0 Å². The molecule has 3 aromatic carbocycles. The van der Waals surface area contributed by atoms with Gasteiger partial charge >= 0.3 is 0 Å². The zero-order chi connectivity index (χ0) is 25.1. The molecule has 37 heavy (non-hydrogen) atoms. The molecule has 1 aliphatic carbocycles. The summed E-state index contributed by atoms with van der Waals surface area (Å²) in [5, 5.41) is 7.15. The van der Waals surface area contributed by atoms with Crippen LogP contribution in [0.4, 0.5) is 5.69 Å². The standard InChI is InChI=1S/C35H38NS/c1-35(25-28-14-3-2-4-15-28)33(21-18-29-22-24-37-26-29)36(23-10-9-13-27-11-5-6-12-27)32-20-19-30-16-7-8-17-31(30)34(32)35/h2-4,7-8,14-22,24,26-27H,5-6,9-13,23,25H2,1H3/q+1. The van der Waals surface area contributed by atoms with E-state index in [1.165, 1.54) is 83.8 Å². The van der Waals surface area contributed by atoms with Gasteiger partial charge in [-0.05, 0) is 76.6 Å². The van der Waals surface area contributed by atoms with Gasteiger partial charge in [0, 0.05) is 24.1 Å². The highest BCUT2D eigenvalue weighted by Crippen LogP contribution is 2.46. The number of unbranched alkanes of at least 4 members (excludes halogenated alkanes) is 1. The van der Waals surface area contributed by atoms with E-state index < -0.39 is 0 Å². The Balaban J connectivity index is 1.43. The molecule has 188 valence electrons. The lowest BCUT2D eigenvalue weighted by molar-refractivity contribution is -0.438. The predicted octanol–water partition coefficient (Wildman–Crippen LogP) is 9.57. The fourth-order valence-electron chi connectivity index (χ4n) is 6.87. The van der Waals surface area contributed by atoms with Crippen LogP contribution in [0.3, 0.4) is 0 Å². The number of nitrogens with zero attached hydrogens (tertiary/aromatic N) is 1. The molecule has 1 aromatic heterocycles. The molecular weight excluding hydrogens is 466 g/mol. The Hall–Kier alpha value is -2.97. The van der Waals surface area contributed by atoms with Crippen LogP contribution >= 0.6 is 11.3 Å². The largest absolute Gasteiger partial charge is 0.210 e. The number of thiophene rings is 1. The quantitative estimate of drug-likeness (QED) is 0.158. The van der Waals surface area contributed by atoms with Gasteiger partial charge in [-0.1, -0.05) is 86.7 Å². The van der Waals surface area contributed by atoms with E-state index in [9.17, 15) is 0 Å². The predicted molar refractivity (Wildman–Crippen MR) is 160 cm³/mol. The highest BCUT2D eigenvalue weighted by atomic mass is 32.1. The van der Waals surface area contributed by atoms with Gasteiger partial charge in [0.15, 0.2) is 5.71 Å². The Labute approximate surface area is 226 Å². The average Bonchev–Trinajstić information content (AvgIpc) is 3.68. The summed E-state index contributed by atoms with van der Waals surface area (Å²) in [6.45, 7) is 3.57. The van der Waals surface area contributed by atoms with Gasteiger partial charge in [0.1, 0.15) is 6.54 Å². The molecule has 1 atom stereocenters. The summed E-state index contributed by atoms with van der Waals surface area (Å²) in [4.78, 5) is 0. The van der Waals surface area contributed by atoms with Crippen LogP contribution in [0.1, 0.15) is 68.6 Å². The summed E-state index contributed by atoms with van der Waals surface area (Å²) >= 11 is 1.77. The summed E-state index contributed by atoms with van der Waals surface area (Å²) < 4.78 is 2.67. The maximum Gasteiger partial charge on any atom is 0.210 e. The fraction of sp³-hybridized carbons (Fsp3) is 0.343. The third-order valence-electron chi connectivity index (χ3n) is 8.70. The minimum absolute atomic E-state index is 0.102. The molecule has 0 spiro atoms. The molecule has 1 aliphatic heterocycles. The van der Waals surface area contributed by atoms with Crippen molar-refractivity contribution in [1.29, 1.82) is 0 Å². The van der Waals surface area contributed by atoms with Crippen molar-refractivity contribution < 1.29 is 4.58 Å². The van der Waals surface area contributed by atoms with Crippen LogP contribution in [0.2, 0.25) is 0 Å². The Morgan fingerprint density at radius 1 is 0.892 bits per heavy atom. The Kier molecular flexibility index (Phi) is 7.11. The first-order chi connectivity index (χ1) is 18.2. The molecule has 1 nitrogen and oxygen atoms in total. The molecule has 4 aromatic rings. The molecule has 2 aliphatic rings. The third-order valence-corrected chi connectivity index (χ3v) is 9.40. The second-order valence-electron chi connectivity index (χ2n) is 11.2. The van der Waals surface area contributed by atoms with Crippen LogP contribution < -0.4 is 0 Å². The van der Waals surface area contributed by atoms with Gasteiger partial charge in [-0.15, -0.1) is 0 Å². The summed E-state index contributed by atoms with van der Waals surface area (Å²) in [7, 11) is 0. The van der Waals surface area contributed by atoms with Gasteiger partial charge in [-0.3, -0.25) is 0 Å². The van der Waals surface area contributed by atoms with Crippen molar-refractivity contribution in [3.63, 3.8) is 0 Å². The van der Waals surface area contributed by atoms with E-state index in [1.807, 2.05) is 0 Å². The Morgan fingerprint density at radius 2 is 1.70 bits per heavy atom. The second kappa shape index (κ2) is 10.8. The molecule has 0 bridgehead atoms. The van der Waals surface area contributed by atoms with Gasteiger partial charge in [0.05, 0.1) is 5.41 Å². The molecule has 0 amide bonds. The number of hydrogen-bond acceptors (Lipinski definition) is 1. The minimum Gasteiger partial charge on any atom is -0.195 e. The Bertz CT molecular complexity index is 1410. The highest BCUT2D eigenvalue weighted by Gasteiger charge is 2.48. The SMILES string of the molecule is CC1(Cc2ccccc2)C(C=Cc2ccsc2)=[N+](CCCCC2CCCC2)c2ccc3ccccc3c21. The van der Waals surface area contributed by atoms with Crippen LogP contribution in [0, 0.1) is 5.92 Å². The van der Waals surface area contributed by atoms with Crippen molar-refractivity contribution >= 4 is 39.6 Å². The zero-order valence-corrected chi connectivity index (χ0v) is 22.9. The third kappa shape index (κ3) is 4.97. The summed E-state index contributed by atoms with van der Waals surface area (Å²) in [5.41, 5.74) is 6.93. The molecule has 0 saturated heterocycles. The van der Waals surface area contributed by atoms with Crippen LogP contribution in [-0.4, -0.2) is 16.8 Å². The van der Waals surface area contributed by atoms with E-state index in [4.69, 9.17) is 0 Å². The highest BCUT2D eigenvalue weighted by molar-refractivity contribution is 7.08. The van der Waals surface area contributed by atoms with E-state index in [0.29, 0.717) is 0 Å². The van der Waals surface area contributed by atoms with Gasteiger partial charge < -0.3 is 0 Å². The van der Waals surface area contributed by atoms with E-state index in [1.54, 1.807) is 11.3 Å². The van der Waals surface area contributed by atoms with Gasteiger partial charge in [-0.25, -0.2) is 0 Å². The number of fused-ring (bicyclic) bond motifs is 3. The summed E-state index contributed by atoms with van der Waals surface area (Å²) in [6.07, 6.45) is 15.5. The topological polar surface area (TPSA) is 3.01 Å². The lowest BCUT2D eigenvalue weighted by Gasteiger charge is -2.24. The van der Waals surface area contributed by atoms with Gasteiger partial charge in [0.2, 0.25) is 5.69 Å². The number of benzene rings is 3. The summed E-state index contributed by atoms with van der Waals surface area (Å²) in [5.74, 6) is 0.972.